The second-order valence-electron chi connectivity index (χ2n) is 5.91. The molecule has 2 aromatic rings. The first-order valence-corrected chi connectivity index (χ1v) is 8.22. The Morgan fingerprint density at radius 3 is 2.48 bits per heavy atom. The molecule has 2 aromatic carbocycles. The van der Waals surface area contributed by atoms with E-state index in [1.54, 1.807) is 19.2 Å². The van der Waals surface area contributed by atoms with Gasteiger partial charge in [0.1, 0.15) is 23.4 Å². The first kappa shape index (κ1) is 17.4. The lowest BCUT2D eigenvalue weighted by atomic mass is 10.1. The Morgan fingerprint density at radius 2 is 1.84 bits per heavy atom. The molecule has 132 valence electrons. The van der Waals surface area contributed by atoms with E-state index in [0.29, 0.717) is 24.7 Å². The fourth-order valence-electron chi connectivity index (χ4n) is 2.73. The molecule has 1 heterocycles. The van der Waals surface area contributed by atoms with Gasteiger partial charge in [-0.05, 0) is 42.0 Å². The highest BCUT2D eigenvalue weighted by Crippen LogP contribution is 2.22. The number of carbonyl (C=O) groups excluding carboxylic acids is 1. The summed E-state index contributed by atoms with van der Waals surface area (Å²) in [6.45, 7) is 2.66. The average molecular weight is 344 g/mol. The van der Waals surface area contributed by atoms with E-state index >= 15 is 0 Å². The van der Waals surface area contributed by atoms with Crippen LogP contribution in [-0.2, 0) is 16.1 Å². The van der Waals surface area contributed by atoms with Crippen LogP contribution in [0.1, 0.15) is 5.56 Å². The molecule has 1 fully saturated rings. The molecule has 3 rings (SSSR count). The highest BCUT2D eigenvalue weighted by atomic mass is 19.1. The van der Waals surface area contributed by atoms with E-state index in [4.69, 9.17) is 9.47 Å². The molecular weight excluding hydrogens is 323 g/mol. The van der Waals surface area contributed by atoms with Gasteiger partial charge in [-0.25, -0.2) is 4.39 Å². The number of amides is 1. The number of morpholine rings is 1. The lowest BCUT2D eigenvalue weighted by Gasteiger charge is -2.31. The molecule has 1 saturated heterocycles. The van der Waals surface area contributed by atoms with E-state index in [0.717, 1.165) is 18.7 Å². The largest absolute Gasteiger partial charge is 0.457 e. The number of ether oxygens (including phenoxy) is 2. The number of carbonyl (C=O) groups is 1. The van der Waals surface area contributed by atoms with Crippen LogP contribution < -0.4 is 10.1 Å². The maximum absolute atomic E-state index is 12.9. The highest BCUT2D eigenvalue weighted by molar-refractivity contribution is 5.80. The van der Waals surface area contributed by atoms with Crippen molar-refractivity contribution in [3.63, 3.8) is 0 Å². The average Bonchev–Trinajstić information content (AvgIpc) is 2.65. The Kier molecular flexibility index (Phi) is 5.63. The number of benzene rings is 2. The molecule has 1 N–H and O–H groups in total. The smallest absolute Gasteiger partial charge is 0.250 e. The summed E-state index contributed by atoms with van der Waals surface area (Å²) < 4.78 is 24.1. The molecule has 1 aliphatic heterocycles. The van der Waals surface area contributed by atoms with E-state index in [-0.39, 0.29) is 11.7 Å². The third-order valence-corrected chi connectivity index (χ3v) is 4.07. The van der Waals surface area contributed by atoms with Crippen LogP contribution >= 0.6 is 0 Å². The predicted molar refractivity (Wildman–Crippen MR) is 92.0 cm³/mol. The zero-order valence-electron chi connectivity index (χ0n) is 14.1. The maximum atomic E-state index is 12.9. The van der Waals surface area contributed by atoms with Crippen molar-refractivity contribution in [2.24, 2.45) is 0 Å². The minimum absolute atomic E-state index is 0.0901. The summed E-state index contributed by atoms with van der Waals surface area (Å²) in [5.74, 6) is 0.910. The van der Waals surface area contributed by atoms with Crippen molar-refractivity contribution in [1.82, 2.24) is 10.2 Å². The Labute approximate surface area is 146 Å². The molecule has 0 aromatic heterocycles. The molecule has 0 radical (unpaired) electrons. The number of likely N-dealkylation sites (N-methyl/N-ethyl adjacent to an activating group) is 1. The van der Waals surface area contributed by atoms with Crippen molar-refractivity contribution in [1.29, 1.82) is 0 Å². The summed E-state index contributed by atoms with van der Waals surface area (Å²) in [6, 6.07) is 13.7. The SMILES string of the molecule is CNC(=O)[C@@H]1CN(Cc2ccc(Oc3ccc(F)cc3)cc2)CCO1. The monoisotopic (exact) mass is 344 g/mol. The van der Waals surface area contributed by atoms with Crippen LogP contribution in [0.4, 0.5) is 4.39 Å². The van der Waals surface area contributed by atoms with Gasteiger partial charge in [0.25, 0.3) is 0 Å². The van der Waals surface area contributed by atoms with Gasteiger partial charge < -0.3 is 14.8 Å². The van der Waals surface area contributed by atoms with Gasteiger partial charge in [0, 0.05) is 26.7 Å². The molecule has 1 atom stereocenters. The van der Waals surface area contributed by atoms with E-state index in [1.807, 2.05) is 24.3 Å². The van der Waals surface area contributed by atoms with Gasteiger partial charge in [0.15, 0.2) is 0 Å². The van der Waals surface area contributed by atoms with Crippen molar-refractivity contribution in [2.45, 2.75) is 12.6 Å². The second-order valence-corrected chi connectivity index (χ2v) is 5.91. The number of hydrogen-bond donors (Lipinski definition) is 1. The van der Waals surface area contributed by atoms with Gasteiger partial charge in [-0.15, -0.1) is 0 Å². The minimum atomic E-state index is -0.417. The number of hydrogen-bond acceptors (Lipinski definition) is 4. The predicted octanol–water partition coefficient (Wildman–Crippen LogP) is 2.56. The first-order chi connectivity index (χ1) is 12.1. The number of nitrogens with zero attached hydrogens (tertiary/aromatic N) is 1. The summed E-state index contributed by atoms with van der Waals surface area (Å²) in [7, 11) is 1.62. The van der Waals surface area contributed by atoms with E-state index in [1.165, 1.54) is 12.1 Å². The Bertz CT molecular complexity index is 704. The molecule has 0 spiro atoms. The molecule has 0 saturated carbocycles. The fraction of sp³-hybridized carbons (Fsp3) is 0.316. The Morgan fingerprint density at radius 1 is 1.20 bits per heavy atom. The van der Waals surface area contributed by atoms with Gasteiger partial charge in [0.05, 0.1) is 6.61 Å². The highest BCUT2D eigenvalue weighted by Gasteiger charge is 2.25. The van der Waals surface area contributed by atoms with Crippen molar-refractivity contribution in [2.75, 3.05) is 26.7 Å². The summed E-state index contributed by atoms with van der Waals surface area (Å²) in [6.07, 6.45) is -0.417. The van der Waals surface area contributed by atoms with E-state index in [2.05, 4.69) is 10.2 Å². The summed E-state index contributed by atoms with van der Waals surface area (Å²) in [5.41, 5.74) is 1.13. The number of rotatable bonds is 5. The van der Waals surface area contributed by atoms with Crippen LogP contribution in [-0.4, -0.2) is 43.7 Å². The molecule has 0 aliphatic carbocycles. The van der Waals surface area contributed by atoms with Crippen molar-refractivity contribution < 1.29 is 18.7 Å². The lowest BCUT2D eigenvalue weighted by molar-refractivity contribution is -0.138. The van der Waals surface area contributed by atoms with Crippen LogP contribution in [0.3, 0.4) is 0 Å². The van der Waals surface area contributed by atoms with Gasteiger partial charge in [0.2, 0.25) is 5.91 Å². The van der Waals surface area contributed by atoms with Crippen LogP contribution in [0.15, 0.2) is 48.5 Å². The van der Waals surface area contributed by atoms with E-state index in [9.17, 15) is 9.18 Å². The number of halogens is 1. The van der Waals surface area contributed by atoms with Gasteiger partial charge in [-0.3, -0.25) is 9.69 Å². The Balaban J connectivity index is 1.57. The third kappa shape index (κ3) is 4.78. The molecule has 1 aliphatic rings. The summed E-state index contributed by atoms with van der Waals surface area (Å²) in [5, 5.41) is 2.62. The third-order valence-electron chi connectivity index (χ3n) is 4.07. The second kappa shape index (κ2) is 8.09. The molecule has 1 amide bonds. The molecule has 5 nitrogen and oxygen atoms in total. The van der Waals surface area contributed by atoms with Crippen LogP contribution in [0.2, 0.25) is 0 Å². The fourth-order valence-corrected chi connectivity index (χ4v) is 2.73. The first-order valence-electron chi connectivity index (χ1n) is 8.22. The molecule has 0 unspecified atom stereocenters. The van der Waals surface area contributed by atoms with Crippen molar-refractivity contribution in [3.8, 4) is 11.5 Å². The van der Waals surface area contributed by atoms with Gasteiger partial charge >= 0.3 is 0 Å². The normalized spacial score (nSPS) is 17.9. The van der Waals surface area contributed by atoms with Crippen LogP contribution in [0.25, 0.3) is 0 Å². The lowest BCUT2D eigenvalue weighted by Crippen LogP contribution is -2.48. The van der Waals surface area contributed by atoms with Crippen molar-refractivity contribution in [3.05, 3.63) is 59.9 Å². The quantitative estimate of drug-likeness (QED) is 0.906. The zero-order chi connectivity index (χ0) is 17.6. The van der Waals surface area contributed by atoms with Crippen LogP contribution in [0, 0.1) is 5.82 Å². The van der Waals surface area contributed by atoms with Gasteiger partial charge in [-0.1, -0.05) is 12.1 Å². The molecule has 25 heavy (non-hydrogen) atoms. The zero-order valence-corrected chi connectivity index (χ0v) is 14.1. The molecule has 6 heteroatoms. The topological polar surface area (TPSA) is 50.8 Å². The summed E-state index contributed by atoms with van der Waals surface area (Å²) >= 11 is 0. The van der Waals surface area contributed by atoms with Crippen molar-refractivity contribution >= 4 is 5.91 Å². The molecular formula is C19H21FN2O3. The maximum Gasteiger partial charge on any atom is 0.250 e. The van der Waals surface area contributed by atoms with Crippen LogP contribution in [0.5, 0.6) is 11.5 Å². The van der Waals surface area contributed by atoms with E-state index < -0.39 is 6.10 Å². The summed E-state index contributed by atoms with van der Waals surface area (Å²) in [4.78, 5) is 13.9. The standard InChI is InChI=1S/C19H21FN2O3/c1-21-19(23)18-13-22(10-11-24-18)12-14-2-6-16(7-3-14)25-17-8-4-15(20)5-9-17/h2-9,18H,10-13H2,1H3,(H,21,23)/t18-/m0/s1. The minimum Gasteiger partial charge on any atom is -0.457 e. The number of nitrogens with one attached hydrogen (secondary N) is 1. The Hall–Kier alpha value is -2.44. The van der Waals surface area contributed by atoms with Gasteiger partial charge in [-0.2, -0.15) is 0 Å². The molecule has 0 bridgehead atoms.